The highest BCUT2D eigenvalue weighted by molar-refractivity contribution is 5.72. The second-order valence-corrected chi connectivity index (χ2v) is 5.35. The largest absolute Gasteiger partial charge is 0.416 e. The summed E-state index contributed by atoms with van der Waals surface area (Å²) in [6.45, 7) is 0. The number of rotatable bonds is 4. The molecule has 2 aromatic carbocycles. The first-order chi connectivity index (χ1) is 12.8. The lowest BCUT2D eigenvalue weighted by Crippen LogP contribution is -2.03. The molecule has 3 rings (SSSR count). The number of nitro groups is 1. The van der Waals surface area contributed by atoms with E-state index in [-0.39, 0.29) is 22.8 Å². The number of nitrogens with one attached hydrogen (secondary N) is 2. The van der Waals surface area contributed by atoms with E-state index < -0.39 is 22.2 Å². The minimum absolute atomic E-state index is 0.105. The van der Waals surface area contributed by atoms with Gasteiger partial charge in [0.1, 0.15) is 0 Å². The van der Waals surface area contributed by atoms with E-state index in [4.69, 9.17) is 0 Å². The predicted octanol–water partition coefficient (Wildman–Crippen LogP) is 4.71. The molecule has 0 radical (unpaired) electrons. The molecule has 0 saturated heterocycles. The van der Waals surface area contributed by atoms with Gasteiger partial charge in [0.2, 0.25) is 0 Å². The minimum atomic E-state index is -4.47. The van der Waals surface area contributed by atoms with Crippen molar-refractivity contribution in [1.29, 1.82) is 0 Å². The zero-order chi connectivity index (χ0) is 19.6. The van der Waals surface area contributed by atoms with Crippen molar-refractivity contribution in [1.82, 2.24) is 10.2 Å². The van der Waals surface area contributed by atoms with Gasteiger partial charge in [-0.15, -0.1) is 5.11 Å². The third-order valence-corrected chi connectivity index (χ3v) is 3.56. The fourth-order valence-electron chi connectivity index (χ4n) is 2.26. The molecule has 2 N–H and O–H groups in total. The molecule has 0 aliphatic carbocycles. The molecule has 0 bridgehead atoms. The van der Waals surface area contributed by atoms with Gasteiger partial charge in [0, 0.05) is 17.7 Å². The van der Waals surface area contributed by atoms with Crippen LogP contribution in [0.3, 0.4) is 0 Å². The molecule has 0 spiro atoms. The number of aromatic nitrogens is 2. The molecule has 0 atom stereocenters. The van der Waals surface area contributed by atoms with Crippen molar-refractivity contribution in [3.63, 3.8) is 0 Å². The quantitative estimate of drug-likeness (QED) is 0.389. The number of benzene rings is 2. The van der Waals surface area contributed by atoms with Gasteiger partial charge in [-0.2, -0.15) is 18.3 Å². The van der Waals surface area contributed by atoms with Crippen LogP contribution in [-0.2, 0) is 6.18 Å². The van der Waals surface area contributed by atoms with Crippen LogP contribution in [0.15, 0.2) is 63.6 Å². The Morgan fingerprint density at radius 2 is 1.70 bits per heavy atom. The zero-order valence-corrected chi connectivity index (χ0v) is 13.3. The first kappa shape index (κ1) is 18.0. The average molecular weight is 377 g/mol. The number of halogens is 3. The maximum atomic E-state index is 12.6. The normalized spacial score (nSPS) is 11.8. The van der Waals surface area contributed by atoms with Gasteiger partial charge in [-0.3, -0.25) is 25.1 Å². The van der Waals surface area contributed by atoms with Gasteiger partial charge < -0.3 is 0 Å². The Hall–Kier alpha value is -3.76. The Kier molecular flexibility index (Phi) is 4.59. The maximum Gasteiger partial charge on any atom is 0.416 e. The number of nitrogens with zero attached hydrogens (tertiary/aromatic N) is 3. The van der Waals surface area contributed by atoms with Gasteiger partial charge in [0.25, 0.3) is 11.2 Å². The summed E-state index contributed by atoms with van der Waals surface area (Å²) in [5.41, 5.74) is -1.21. The first-order valence-corrected chi connectivity index (χ1v) is 7.40. The molecule has 0 aliphatic heterocycles. The number of hydrogen-bond donors (Lipinski definition) is 2. The Labute approximate surface area is 148 Å². The molecular weight excluding hydrogens is 367 g/mol. The molecule has 3 aromatic rings. The number of H-pyrrole nitrogens is 2. The van der Waals surface area contributed by atoms with Crippen molar-refractivity contribution in [3.05, 3.63) is 74.6 Å². The Bertz CT molecular complexity index is 1070. The zero-order valence-electron chi connectivity index (χ0n) is 13.3. The highest BCUT2D eigenvalue weighted by Gasteiger charge is 2.29. The van der Waals surface area contributed by atoms with E-state index in [2.05, 4.69) is 20.4 Å². The summed E-state index contributed by atoms with van der Waals surface area (Å²) in [5, 5.41) is 23.3. The smallest absolute Gasteiger partial charge is 0.295 e. The Morgan fingerprint density at radius 3 is 2.33 bits per heavy atom. The van der Waals surface area contributed by atoms with Gasteiger partial charge in [0.05, 0.1) is 21.9 Å². The minimum Gasteiger partial charge on any atom is -0.295 e. The van der Waals surface area contributed by atoms with Crippen molar-refractivity contribution in [2.75, 3.05) is 0 Å². The second-order valence-electron chi connectivity index (χ2n) is 5.35. The number of alkyl halides is 3. The summed E-state index contributed by atoms with van der Waals surface area (Å²) in [6.07, 6.45) is -4.47. The van der Waals surface area contributed by atoms with Gasteiger partial charge in [0.15, 0.2) is 5.69 Å². The molecule has 0 saturated carbocycles. The second kappa shape index (κ2) is 6.86. The number of hydrogen-bond acceptors (Lipinski definition) is 5. The van der Waals surface area contributed by atoms with Crippen LogP contribution in [0.4, 0.5) is 30.2 Å². The van der Waals surface area contributed by atoms with Gasteiger partial charge in [-0.1, -0.05) is 12.1 Å². The lowest BCUT2D eigenvalue weighted by molar-refractivity contribution is -0.384. The number of azo groups is 1. The summed E-state index contributed by atoms with van der Waals surface area (Å²) in [4.78, 5) is 22.2. The lowest BCUT2D eigenvalue weighted by Gasteiger charge is -2.05. The topological polar surface area (TPSA) is 117 Å². The molecule has 1 aromatic heterocycles. The molecule has 0 unspecified atom stereocenters. The highest BCUT2D eigenvalue weighted by atomic mass is 19.4. The van der Waals surface area contributed by atoms with E-state index in [1.165, 1.54) is 24.3 Å². The van der Waals surface area contributed by atoms with Gasteiger partial charge in [-0.25, -0.2) is 0 Å². The standard InChI is InChI=1S/C16H10F3N5O3/c17-16(18,19)10-4-6-11(7-5-10)20-22-14-13(21-23-15(14)25)9-2-1-3-12(8-9)24(26)27/h1-8H,(H2,21,23,25). The van der Waals surface area contributed by atoms with Gasteiger partial charge >= 0.3 is 6.18 Å². The number of non-ortho nitro benzene ring substituents is 1. The molecule has 11 heteroatoms. The molecule has 138 valence electrons. The van der Waals surface area contributed by atoms with Crippen LogP contribution in [-0.4, -0.2) is 15.1 Å². The highest BCUT2D eigenvalue weighted by Crippen LogP contribution is 2.32. The number of nitro benzene ring substituents is 1. The molecular formula is C16H10F3N5O3. The Morgan fingerprint density at radius 1 is 1.00 bits per heavy atom. The third-order valence-electron chi connectivity index (χ3n) is 3.56. The van der Waals surface area contributed by atoms with E-state index in [0.717, 1.165) is 24.3 Å². The van der Waals surface area contributed by atoms with E-state index in [0.29, 0.717) is 5.56 Å². The van der Waals surface area contributed by atoms with Crippen LogP contribution in [0.1, 0.15) is 5.56 Å². The maximum absolute atomic E-state index is 12.6. The van der Waals surface area contributed by atoms with Crippen LogP contribution < -0.4 is 5.56 Å². The number of aromatic amines is 2. The predicted molar refractivity (Wildman–Crippen MR) is 89.1 cm³/mol. The molecule has 27 heavy (non-hydrogen) atoms. The van der Waals surface area contributed by atoms with Crippen molar-refractivity contribution >= 4 is 17.1 Å². The first-order valence-electron chi connectivity index (χ1n) is 7.40. The SMILES string of the molecule is O=c1[nH][nH]c(-c2cccc([N+](=O)[O-])c2)c1N=Nc1ccc(C(F)(F)F)cc1. The molecule has 8 nitrogen and oxygen atoms in total. The summed E-state index contributed by atoms with van der Waals surface area (Å²) in [7, 11) is 0. The average Bonchev–Trinajstić information content (AvgIpc) is 3.00. The summed E-state index contributed by atoms with van der Waals surface area (Å²) in [6, 6.07) is 9.42. The van der Waals surface area contributed by atoms with Crippen LogP contribution in [0, 0.1) is 10.1 Å². The van der Waals surface area contributed by atoms with Crippen LogP contribution in [0.25, 0.3) is 11.3 Å². The van der Waals surface area contributed by atoms with E-state index in [1.807, 2.05) is 0 Å². The van der Waals surface area contributed by atoms with Crippen molar-refractivity contribution < 1.29 is 18.1 Å². The third kappa shape index (κ3) is 3.92. The summed E-state index contributed by atoms with van der Waals surface area (Å²) in [5.74, 6) is 0. The van der Waals surface area contributed by atoms with Gasteiger partial charge in [-0.05, 0) is 24.3 Å². The molecule has 1 heterocycles. The molecule has 0 fully saturated rings. The Balaban J connectivity index is 1.94. The lowest BCUT2D eigenvalue weighted by atomic mass is 10.1. The fraction of sp³-hybridized carbons (Fsp3) is 0.0625. The monoisotopic (exact) mass is 377 g/mol. The van der Waals surface area contributed by atoms with E-state index >= 15 is 0 Å². The van der Waals surface area contributed by atoms with E-state index in [9.17, 15) is 28.1 Å². The summed E-state index contributed by atoms with van der Waals surface area (Å²) < 4.78 is 37.7. The fourth-order valence-corrected chi connectivity index (χ4v) is 2.26. The molecule has 0 amide bonds. The van der Waals surface area contributed by atoms with E-state index in [1.54, 1.807) is 0 Å². The van der Waals surface area contributed by atoms with Crippen LogP contribution in [0.5, 0.6) is 0 Å². The molecule has 0 aliphatic rings. The van der Waals surface area contributed by atoms with Crippen molar-refractivity contribution in [2.45, 2.75) is 6.18 Å². The summed E-state index contributed by atoms with van der Waals surface area (Å²) >= 11 is 0. The van der Waals surface area contributed by atoms with Crippen molar-refractivity contribution in [3.8, 4) is 11.3 Å². The van der Waals surface area contributed by atoms with Crippen molar-refractivity contribution in [2.24, 2.45) is 10.2 Å². The van der Waals surface area contributed by atoms with Crippen LogP contribution in [0.2, 0.25) is 0 Å². The van der Waals surface area contributed by atoms with Crippen LogP contribution >= 0.6 is 0 Å².